The highest BCUT2D eigenvalue weighted by molar-refractivity contribution is 5.89. The molecule has 3 aromatic rings. The number of nitrogens with one attached hydrogen (secondary N) is 2. The van der Waals surface area contributed by atoms with Crippen molar-refractivity contribution < 1.29 is 18.7 Å². The summed E-state index contributed by atoms with van der Waals surface area (Å²) in [6.45, 7) is 3.03. The van der Waals surface area contributed by atoms with Crippen molar-refractivity contribution in [2.45, 2.75) is 37.8 Å². The quantitative estimate of drug-likeness (QED) is 0.621. The smallest absolute Gasteiger partial charge is 0.247 e. The van der Waals surface area contributed by atoms with Crippen molar-refractivity contribution in [3.05, 3.63) is 66.4 Å². The van der Waals surface area contributed by atoms with Gasteiger partial charge >= 0.3 is 0 Å². The standard InChI is InChI=1S/C26H27FN4O3/c1-16-24(30-23(32)15-34-16)26(33)31-12-8-18(9-13-31)22-14-21(17-6-10-28-11-7-17)25(29-22)19-2-4-20(27)5-3-19/h2-7,10-11,14,16,18,24,29H,8-9,12-13,15H2,1H3,(H,30,32)/t16-,24+/m1/s1. The van der Waals surface area contributed by atoms with Gasteiger partial charge in [-0.2, -0.15) is 0 Å². The van der Waals surface area contributed by atoms with Crippen molar-refractivity contribution in [3.8, 4) is 22.4 Å². The number of halogens is 1. The highest BCUT2D eigenvalue weighted by atomic mass is 19.1. The van der Waals surface area contributed by atoms with Crippen molar-refractivity contribution in [1.82, 2.24) is 20.2 Å². The van der Waals surface area contributed by atoms with Crippen LogP contribution in [0.5, 0.6) is 0 Å². The minimum atomic E-state index is -0.633. The summed E-state index contributed by atoms with van der Waals surface area (Å²) in [7, 11) is 0. The Kier molecular flexibility index (Phi) is 6.15. The maximum absolute atomic E-state index is 13.5. The number of piperidine rings is 1. The fourth-order valence-electron chi connectivity index (χ4n) is 4.80. The molecule has 4 heterocycles. The average Bonchev–Trinajstić information content (AvgIpc) is 3.32. The highest BCUT2D eigenvalue weighted by Crippen LogP contribution is 2.37. The molecule has 0 saturated carbocycles. The Morgan fingerprint density at radius 3 is 2.50 bits per heavy atom. The van der Waals surface area contributed by atoms with E-state index < -0.39 is 6.04 Å². The average molecular weight is 463 g/mol. The van der Waals surface area contributed by atoms with Gasteiger partial charge in [-0.05, 0) is 73.4 Å². The number of amides is 2. The van der Waals surface area contributed by atoms with Crippen LogP contribution in [0.1, 0.15) is 31.4 Å². The molecule has 0 bridgehead atoms. The largest absolute Gasteiger partial charge is 0.366 e. The number of likely N-dealkylation sites (tertiary alicyclic amines) is 1. The molecule has 2 aliphatic rings. The molecule has 8 heteroatoms. The van der Waals surface area contributed by atoms with Crippen LogP contribution in [0.15, 0.2) is 54.9 Å². The van der Waals surface area contributed by atoms with Gasteiger partial charge in [-0.25, -0.2) is 4.39 Å². The molecule has 1 aromatic carbocycles. The summed E-state index contributed by atoms with van der Waals surface area (Å²) >= 11 is 0. The van der Waals surface area contributed by atoms with Gasteiger partial charge in [-0.3, -0.25) is 14.6 Å². The van der Waals surface area contributed by atoms with Crippen LogP contribution in [0, 0.1) is 5.82 Å². The SMILES string of the molecule is C[C@H]1OCC(=O)N[C@@H]1C(=O)N1CCC(c2cc(-c3ccncc3)c(-c3ccc(F)cc3)[nH]2)CC1. The van der Waals surface area contributed by atoms with Gasteiger partial charge in [0.25, 0.3) is 0 Å². The number of aromatic nitrogens is 2. The van der Waals surface area contributed by atoms with Crippen molar-refractivity contribution in [1.29, 1.82) is 0 Å². The van der Waals surface area contributed by atoms with E-state index in [1.54, 1.807) is 24.5 Å². The number of rotatable bonds is 4. The fraction of sp³-hybridized carbons (Fsp3) is 0.346. The maximum Gasteiger partial charge on any atom is 0.247 e. The summed E-state index contributed by atoms with van der Waals surface area (Å²) in [5.74, 6) is -0.356. The second-order valence-electron chi connectivity index (χ2n) is 8.92. The molecule has 0 spiro atoms. The van der Waals surface area contributed by atoms with E-state index in [1.807, 2.05) is 24.0 Å². The van der Waals surface area contributed by atoms with Crippen LogP contribution < -0.4 is 5.32 Å². The number of hydrogen-bond acceptors (Lipinski definition) is 4. The lowest BCUT2D eigenvalue weighted by Crippen LogP contribution is -2.59. The predicted octanol–water partition coefficient (Wildman–Crippen LogP) is 3.49. The summed E-state index contributed by atoms with van der Waals surface area (Å²) in [6.07, 6.45) is 4.79. The van der Waals surface area contributed by atoms with Gasteiger partial charge in [0.05, 0.1) is 11.8 Å². The van der Waals surface area contributed by atoms with Gasteiger partial charge in [0.2, 0.25) is 11.8 Å². The van der Waals surface area contributed by atoms with E-state index in [4.69, 9.17) is 4.74 Å². The topological polar surface area (TPSA) is 87.3 Å². The van der Waals surface area contributed by atoms with E-state index in [0.29, 0.717) is 13.1 Å². The first-order valence-electron chi connectivity index (χ1n) is 11.6. The zero-order valence-corrected chi connectivity index (χ0v) is 19.0. The molecule has 2 N–H and O–H groups in total. The number of nitrogens with zero attached hydrogens (tertiary/aromatic N) is 2. The Bertz CT molecular complexity index is 1170. The van der Waals surface area contributed by atoms with E-state index in [0.717, 1.165) is 40.9 Å². The maximum atomic E-state index is 13.5. The molecule has 0 unspecified atom stereocenters. The zero-order chi connectivity index (χ0) is 23.7. The molecule has 176 valence electrons. The molecule has 2 saturated heterocycles. The third-order valence-electron chi connectivity index (χ3n) is 6.74. The van der Waals surface area contributed by atoms with Crippen LogP contribution in [0.2, 0.25) is 0 Å². The fourth-order valence-corrected chi connectivity index (χ4v) is 4.80. The van der Waals surface area contributed by atoms with Crippen LogP contribution in [0.25, 0.3) is 22.4 Å². The first kappa shape index (κ1) is 22.3. The molecule has 0 radical (unpaired) electrons. The third-order valence-corrected chi connectivity index (χ3v) is 6.74. The minimum absolute atomic E-state index is 0.00392. The highest BCUT2D eigenvalue weighted by Gasteiger charge is 2.36. The van der Waals surface area contributed by atoms with Crippen molar-refractivity contribution in [3.63, 3.8) is 0 Å². The first-order chi connectivity index (χ1) is 16.5. The summed E-state index contributed by atoms with van der Waals surface area (Å²) in [5, 5.41) is 2.76. The minimum Gasteiger partial charge on any atom is -0.366 e. The number of morpholine rings is 1. The zero-order valence-electron chi connectivity index (χ0n) is 19.0. The number of benzene rings is 1. The number of H-pyrrole nitrogens is 1. The molecule has 0 aliphatic carbocycles. The number of carbonyl (C=O) groups excluding carboxylic acids is 2. The Balaban J connectivity index is 1.35. The van der Waals surface area contributed by atoms with Crippen LogP contribution in [-0.2, 0) is 14.3 Å². The molecule has 2 fully saturated rings. The van der Waals surface area contributed by atoms with Crippen molar-refractivity contribution in [2.75, 3.05) is 19.7 Å². The molecule has 2 amide bonds. The van der Waals surface area contributed by atoms with Gasteiger partial charge in [-0.15, -0.1) is 0 Å². The third kappa shape index (κ3) is 4.46. The van der Waals surface area contributed by atoms with Gasteiger partial charge < -0.3 is 19.9 Å². The predicted molar refractivity (Wildman–Crippen MR) is 125 cm³/mol. The first-order valence-corrected chi connectivity index (χ1v) is 11.6. The number of aromatic amines is 1. The van der Waals surface area contributed by atoms with E-state index in [-0.39, 0.29) is 36.3 Å². The van der Waals surface area contributed by atoms with Crippen molar-refractivity contribution >= 4 is 11.8 Å². The molecule has 2 aromatic heterocycles. The number of carbonyl (C=O) groups is 2. The second-order valence-corrected chi connectivity index (χ2v) is 8.92. The molecule has 34 heavy (non-hydrogen) atoms. The van der Waals surface area contributed by atoms with Gasteiger partial charge in [0, 0.05) is 42.7 Å². The lowest BCUT2D eigenvalue weighted by atomic mass is 9.92. The molecule has 2 aliphatic heterocycles. The van der Waals surface area contributed by atoms with Crippen LogP contribution in [-0.4, -0.2) is 58.5 Å². The lowest BCUT2D eigenvalue weighted by molar-refractivity contribution is -0.149. The normalized spacial score (nSPS) is 21.4. The molecular weight excluding hydrogens is 435 g/mol. The molecule has 5 rings (SSSR count). The summed E-state index contributed by atoms with van der Waals surface area (Å²) in [5.41, 5.74) is 5.02. The van der Waals surface area contributed by atoms with E-state index in [2.05, 4.69) is 21.4 Å². The Morgan fingerprint density at radius 1 is 1.09 bits per heavy atom. The lowest BCUT2D eigenvalue weighted by Gasteiger charge is -2.37. The molecule has 2 atom stereocenters. The van der Waals surface area contributed by atoms with Crippen molar-refractivity contribution in [2.24, 2.45) is 0 Å². The molecular formula is C26H27FN4O3. The number of pyridine rings is 1. The Labute approximate surface area is 197 Å². The van der Waals surface area contributed by atoms with Crippen LogP contribution >= 0.6 is 0 Å². The van der Waals surface area contributed by atoms with Gasteiger partial charge in [-0.1, -0.05) is 0 Å². The summed E-state index contributed by atoms with van der Waals surface area (Å²) in [4.78, 5) is 34.2. The van der Waals surface area contributed by atoms with E-state index in [9.17, 15) is 14.0 Å². The molecule has 7 nitrogen and oxygen atoms in total. The van der Waals surface area contributed by atoms with Crippen LogP contribution in [0.3, 0.4) is 0 Å². The second kappa shape index (κ2) is 9.38. The van der Waals surface area contributed by atoms with Gasteiger partial charge in [0.15, 0.2) is 0 Å². The Hall–Kier alpha value is -3.52. The number of hydrogen-bond donors (Lipinski definition) is 2. The van der Waals surface area contributed by atoms with Crippen LogP contribution in [0.4, 0.5) is 4.39 Å². The van der Waals surface area contributed by atoms with E-state index >= 15 is 0 Å². The monoisotopic (exact) mass is 462 g/mol. The Morgan fingerprint density at radius 2 is 1.79 bits per heavy atom. The summed E-state index contributed by atoms with van der Waals surface area (Å²) < 4.78 is 18.9. The summed E-state index contributed by atoms with van der Waals surface area (Å²) in [6, 6.07) is 11.9. The number of ether oxygens (including phenoxy) is 1. The van der Waals surface area contributed by atoms with Gasteiger partial charge in [0.1, 0.15) is 18.5 Å². The van der Waals surface area contributed by atoms with E-state index in [1.165, 1.54) is 12.1 Å².